The van der Waals surface area contributed by atoms with Gasteiger partial charge in [0.25, 0.3) is 0 Å². The molecule has 202 valence electrons. The van der Waals surface area contributed by atoms with E-state index in [0.717, 1.165) is 88.4 Å². The summed E-state index contributed by atoms with van der Waals surface area (Å²) in [5, 5.41) is 10.5. The molecule has 1 aromatic rings. The predicted molar refractivity (Wildman–Crippen MR) is 151 cm³/mol. The molecule has 0 saturated carbocycles. The lowest BCUT2D eigenvalue weighted by Gasteiger charge is -2.26. The van der Waals surface area contributed by atoms with E-state index in [0.29, 0.717) is 12.2 Å². The van der Waals surface area contributed by atoms with Gasteiger partial charge >= 0.3 is 5.97 Å². The molecular weight excluding hydrogens is 432 g/mol. The van der Waals surface area contributed by atoms with Gasteiger partial charge in [-0.1, -0.05) is 98.8 Å². The first-order valence-corrected chi connectivity index (χ1v) is 15.1. The second kappa shape index (κ2) is 19.7. The summed E-state index contributed by atoms with van der Waals surface area (Å²) in [7, 11) is 0. The summed E-state index contributed by atoms with van der Waals surface area (Å²) >= 11 is 0. The van der Waals surface area contributed by atoms with Gasteiger partial charge in [0.1, 0.15) is 11.3 Å². The number of hydrogen-bond acceptors (Lipinski definition) is 2. The minimum Gasteiger partial charge on any atom is -0.492 e. The Morgan fingerprint density at radius 2 is 0.914 bits per heavy atom. The summed E-state index contributed by atoms with van der Waals surface area (Å²) in [4.78, 5) is 12.8. The van der Waals surface area contributed by atoms with Gasteiger partial charge in [-0.25, -0.2) is 4.79 Å². The predicted octanol–water partition coefficient (Wildman–Crippen LogP) is 9.88. The monoisotopic (exact) mass is 488 g/mol. The molecule has 0 fully saturated rings. The fraction of sp³-hybridized carbons (Fsp3) is 0.781. The highest BCUT2D eigenvalue weighted by molar-refractivity contribution is 5.94. The molecule has 0 heterocycles. The Morgan fingerprint density at radius 3 is 1.34 bits per heavy atom. The summed E-state index contributed by atoms with van der Waals surface area (Å²) in [5.74, 6) is -0.0717. The molecule has 0 aliphatic rings. The van der Waals surface area contributed by atoms with Crippen LogP contribution in [0.5, 0.6) is 5.75 Å². The molecule has 1 rings (SSSR count). The van der Waals surface area contributed by atoms with Gasteiger partial charge in [-0.05, 0) is 80.0 Å². The van der Waals surface area contributed by atoms with Gasteiger partial charge < -0.3 is 9.84 Å². The second-order valence-corrected chi connectivity index (χ2v) is 10.3. The van der Waals surface area contributed by atoms with E-state index in [-0.39, 0.29) is 0 Å². The number of carbonyl (C=O) groups is 1. The highest BCUT2D eigenvalue weighted by Gasteiger charge is 2.27. The first kappa shape index (κ1) is 31.5. The van der Waals surface area contributed by atoms with Crippen molar-refractivity contribution in [3.63, 3.8) is 0 Å². The van der Waals surface area contributed by atoms with E-state index in [1.165, 1.54) is 61.6 Å². The maximum Gasteiger partial charge on any atom is 0.339 e. The molecule has 0 aromatic heterocycles. The van der Waals surface area contributed by atoms with Crippen LogP contribution in [0.3, 0.4) is 0 Å². The summed E-state index contributed by atoms with van der Waals surface area (Å²) < 4.78 is 6.46. The number of carboxylic acid groups (broad SMARTS) is 1. The van der Waals surface area contributed by atoms with Crippen LogP contribution in [0.4, 0.5) is 0 Å². The first-order chi connectivity index (χ1) is 17.1. The number of ether oxygens (including phenoxy) is 1. The van der Waals surface area contributed by atoms with Crippen LogP contribution in [0.1, 0.15) is 164 Å². The minimum atomic E-state index is -0.796. The first-order valence-electron chi connectivity index (χ1n) is 15.1. The Morgan fingerprint density at radius 1 is 0.543 bits per heavy atom. The molecule has 0 amide bonds. The summed E-state index contributed by atoms with van der Waals surface area (Å²) in [6, 6.07) is 0. The summed E-state index contributed by atoms with van der Waals surface area (Å²) in [6.07, 6.45) is 21.0. The van der Waals surface area contributed by atoms with Crippen molar-refractivity contribution >= 4 is 5.97 Å². The van der Waals surface area contributed by atoms with Crippen molar-refractivity contribution in [2.75, 3.05) is 6.61 Å². The standard InChI is InChI=1S/C32H56O3/c1-6-11-16-21-26-27(22-17-12-7-2)29(24-19-14-9-4)31(35-25-20-15-10-5)30(32(33)34)28(26)23-18-13-8-3/h6-25H2,1-5H3,(H,33,34). The largest absolute Gasteiger partial charge is 0.492 e. The second-order valence-electron chi connectivity index (χ2n) is 10.3. The number of carboxylic acids is 1. The van der Waals surface area contributed by atoms with Crippen molar-refractivity contribution < 1.29 is 14.6 Å². The van der Waals surface area contributed by atoms with E-state index in [1.54, 1.807) is 0 Å². The smallest absolute Gasteiger partial charge is 0.339 e. The third-order valence-corrected chi connectivity index (χ3v) is 7.23. The van der Waals surface area contributed by atoms with Crippen molar-refractivity contribution in [3.8, 4) is 5.75 Å². The Kier molecular flexibility index (Phi) is 17.7. The molecule has 0 spiro atoms. The van der Waals surface area contributed by atoms with Crippen molar-refractivity contribution in [2.45, 2.75) is 157 Å². The van der Waals surface area contributed by atoms with E-state index < -0.39 is 5.97 Å². The molecule has 0 bridgehead atoms. The Balaban J connectivity index is 3.73. The minimum absolute atomic E-state index is 0.495. The van der Waals surface area contributed by atoms with Crippen LogP contribution < -0.4 is 4.74 Å². The van der Waals surface area contributed by atoms with Crippen LogP contribution in [-0.4, -0.2) is 17.7 Å². The van der Waals surface area contributed by atoms with Gasteiger partial charge in [0.15, 0.2) is 0 Å². The number of hydrogen-bond donors (Lipinski definition) is 1. The van der Waals surface area contributed by atoms with Crippen LogP contribution in [0.25, 0.3) is 0 Å². The zero-order valence-electron chi connectivity index (χ0n) is 23.9. The molecular formula is C32H56O3. The van der Waals surface area contributed by atoms with Gasteiger partial charge in [-0.15, -0.1) is 0 Å². The summed E-state index contributed by atoms with van der Waals surface area (Å²) in [6.45, 7) is 11.8. The lowest BCUT2D eigenvalue weighted by molar-refractivity contribution is 0.0690. The summed E-state index contributed by atoms with van der Waals surface area (Å²) in [5.41, 5.74) is 5.64. The topological polar surface area (TPSA) is 46.5 Å². The number of benzene rings is 1. The third kappa shape index (κ3) is 11.0. The quantitative estimate of drug-likeness (QED) is 0.165. The maximum absolute atomic E-state index is 12.8. The van der Waals surface area contributed by atoms with Crippen molar-refractivity contribution in [2.24, 2.45) is 0 Å². The van der Waals surface area contributed by atoms with E-state index in [9.17, 15) is 9.90 Å². The van der Waals surface area contributed by atoms with E-state index in [2.05, 4.69) is 34.6 Å². The fourth-order valence-corrected chi connectivity index (χ4v) is 5.20. The van der Waals surface area contributed by atoms with Gasteiger partial charge in [0.05, 0.1) is 6.61 Å². The normalized spacial score (nSPS) is 11.2. The fourth-order valence-electron chi connectivity index (χ4n) is 5.20. The van der Waals surface area contributed by atoms with E-state index >= 15 is 0 Å². The molecule has 0 radical (unpaired) electrons. The molecule has 0 unspecified atom stereocenters. The highest BCUT2D eigenvalue weighted by Crippen LogP contribution is 2.39. The Bertz CT molecular complexity index is 707. The van der Waals surface area contributed by atoms with Crippen LogP contribution in [0.2, 0.25) is 0 Å². The average molecular weight is 489 g/mol. The van der Waals surface area contributed by atoms with Crippen LogP contribution in [0.15, 0.2) is 0 Å². The molecule has 3 nitrogen and oxygen atoms in total. The lowest BCUT2D eigenvalue weighted by Crippen LogP contribution is -2.17. The van der Waals surface area contributed by atoms with Gasteiger partial charge in [0, 0.05) is 0 Å². The number of rotatable bonds is 22. The molecule has 0 atom stereocenters. The molecule has 0 aliphatic carbocycles. The van der Waals surface area contributed by atoms with Crippen molar-refractivity contribution in [1.29, 1.82) is 0 Å². The zero-order chi connectivity index (χ0) is 25.9. The van der Waals surface area contributed by atoms with Gasteiger partial charge in [-0.2, -0.15) is 0 Å². The van der Waals surface area contributed by atoms with Crippen molar-refractivity contribution in [3.05, 3.63) is 27.8 Å². The zero-order valence-corrected chi connectivity index (χ0v) is 23.9. The average Bonchev–Trinajstić information content (AvgIpc) is 2.84. The number of aromatic carboxylic acids is 1. The molecule has 1 N–H and O–H groups in total. The van der Waals surface area contributed by atoms with E-state index in [1.807, 2.05) is 0 Å². The highest BCUT2D eigenvalue weighted by atomic mass is 16.5. The molecule has 35 heavy (non-hydrogen) atoms. The van der Waals surface area contributed by atoms with Crippen LogP contribution in [-0.2, 0) is 25.7 Å². The Hall–Kier alpha value is -1.51. The molecule has 0 aliphatic heterocycles. The molecule has 3 heteroatoms. The van der Waals surface area contributed by atoms with Crippen LogP contribution in [0, 0.1) is 0 Å². The third-order valence-electron chi connectivity index (χ3n) is 7.23. The molecule has 1 aromatic carbocycles. The van der Waals surface area contributed by atoms with Gasteiger partial charge in [-0.3, -0.25) is 0 Å². The number of unbranched alkanes of at least 4 members (excludes halogenated alkanes) is 10. The van der Waals surface area contributed by atoms with Gasteiger partial charge in [0.2, 0.25) is 0 Å². The molecule has 0 saturated heterocycles. The van der Waals surface area contributed by atoms with Crippen LogP contribution >= 0.6 is 0 Å². The SMILES string of the molecule is CCCCCOc1c(CCCCC)c(CCCCC)c(CCCCC)c(CCCCC)c1C(=O)O. The lowest BCUT2D eigenvalue weighted by atomic mass is 9.82. The van der Waals surface area contributed by atoms with E-state index in [4.69, 9.17) is 4.74 Å². The maximum atomic E-state index is 12.8. The Labute approximate surface area is 217 Å². The van der Waals surface area contributed by atoms with Crippen molar-refractivity contribution in [1.82, 2.24) is 0 Å².